The molecule has 0 aliphatic heterocycles. The summed E-state index contributed by atoms with van der Waals surface area (Å²) >= 11 is 0. The molecule has 3 rings (SSSR count). The van der Waals surface area contributed by atoms with E-state index in [0.29, 0.717) is 5.82 Å². The van der Waals surface area contributed by atoms with E-state index in [1.807, 2.05) is 24.3 Å². The molecule has 20 heavy (non-hydrogen) atoms. The van der Waals surface area contributed by atoms with Crippen LogP contribution in [-0.2, 0) is 0 Å². The normalized spacial score (nSPS) is 10.7. The number of phenolic OH excluding ortho intramolecular Hbond substituents is 1. The van der Waals surface area contributed by atoms with Gasteiger partial charge < -0.3 is 9.63 Å². The standard InChI is InChI=1S/C14H11N3O3/c1-8-15-14(20-17-8)16-13(19)11-6-9-4-2-3-5-10(9)7-12(11)18/h2-7,18H,1H3,(H,15,16,17,19). The lowest BCUT2D eigenvalue weighted by atomic mass is 10.1. The van der Waals surface area contributed by atoms with E-state index in [-0.39, 0.29) is 17.3 Å². The van der Waals surface area contributed by atoms with Crippen molar-refractivity contribution < 1.29 is 14.4 Å². The number of aromatic nitrogens is 2. The van der Waals surface area contributed by atoms with Crippen molar-refractivity contribution >= 4 is 22.7 Å². The Morgan fingerprint density at radius 1 is 1.25 bits per heavy atom. The maximum absolute atomic E-state index is 12.1. The van der Waals surface area contributed by atoms with Gasteiger partial charge in [-0.05, 0) is 29.8 Å². The van der Waals surface area contributed by atoms with Gasteiger partial charge in [0.25, 0.3) is 5.91 Å². The number of hydrogen-bond donors (Lipinski definition) is 2. The van der Waals surface area contributed by atoms with Crippen LogP contribution in [0.4, 0.5) is 6.01 Å². The molecule has 1 amide bonds. The molecular weight excluding hydrogens is 258 g/mol. The summed E-state index contributed by atoms with van der Waals surface area (Å²) in [7, 11) is 0. The highest BCUT2D eigenvalue weighted by molar-refractivity contribution is 6.07. The minimum Gasteiger partial charge on any atom is -0.507 e. The maximum atomic E-state index is 12.1. The van der Waals surface area contributed by atoms with Gasteiger partial charge in [-0.3, -0.25) is 10.1 Å². The molecule has 0 fully saturated rings. The molecule has 3 aromatic rings. The summed E-state index contributed by atoms with van der Waals surface area (Å²) in [6.45, 7) is 1.65. The molecule has 1 aromatic heterocycles. The van der Waals surface area contributed by atoms with Gasteiger partial charge >= 0.3 is 6.01 Å². The zero-order chi connectivity index (χ0) is 14.1. The molecule has 0 aliphatic carbocycles. The topological polar surface area (TPSA) is 88.2 Å². The number of nitrogens with one attached hydrogen (secondary N) is 1. The molecule has 0 saturated carbocycles. The van der Waals surface area contributed by atoms with Crippen LogP contribution in [0.25, 0.3) is 10.8 Å². The molecule has 100 valence electrons. The fourth-order valence-corrected chi connectivity index (χ4v) is 1.92. The zero-order valence-corrected chi connectivity index (χ0v) is 10.6. The number of benzene rings is 2. The lowest BCUT2D eigenvalue weighted by Gasteiger charge is -2.05. The van der Waals surface area contributed by atoms with E-state index in [1.54, 1.807) is 19.1 Å². The van der Waals surface area contributed by atoms with E-state index in [9.17, 15) is 9.90 Å². The number of carbonyl (C=O) groups is 1. The van der Waals surface area contributed by atoms with Gasteiger partial charge in [-0.15, -0.1) is 0 Å². The summed E-state index contributed by atoms with van der Waals surface area (Å²) in [4.78, 5) is 16.0. The van der Waals surface area contributed by atoms with Crippen molar-refractivity contribution in [3.05, 3.63) is 47.8 Å². The molecule has 6 heteroatoms. The van der Waals surface area contributed by atoms with E-state index in [1.165, 1.54) is 0 Å². The number of carbonyl (C=O) groups excluding carboxylic acids is 1. The third-order valence-electron chi connectivity index (χ3n) is 2.86. The van der Waals surface area contributed by atoms with Crippen LogP contribution in [0.3, 0.4) is 0 Å². The first kappa shape index (κ1) is 12.2. The summed E-state index contributed by atoms with van der Waals surface area (Å²) in [6.07, 6.45) is 0. The quantitative estimate of drug-likeness (QED) is 0.746. The largest absolute Gasteiger partial charge is 0.507 e. The summed E-state index contributed by atoms with van der Waals surface area (Å²) in [5, 5.41) is 17.7. The minimum absolute atomic E-state index is 0.0000543. The number of aromatic hydroxyl groups is 1. The Morgan fingerprint density at radius 3 is 2.60 bits per heavy atom. The second kappa shape index (κ2) is 4.65. The molecule has 1 heterocycles. The van der Waals surface area contributed by atoms with Gasteiger partial charge in [-0.2, -0.15) is 4.98 Å². The summed E-state index contributed by atoms with van der Waals surface area (Å²) in [5.41, 5.74) is 0.152. The van der Waals surface area contributed by atoms with Crippen molar-refractivity contribution in [2.24, 2.45) is 0 Å². The molecule has 0 saturated heterocycles. The van der Waals surface area contributed by atoms with Crippen molar-refractivity contribution in [1.82, 2.24) is 10.1 Å². The minimum atomic E-state index is -0.503. The summed E-state index contributed by atoms with van der Waals surface area (Å²) in [5.74, 6) is -0.183. The van der Waals surface area contributed by atoms with Crippen molar-refractivity contribution in [2.75, 3.05) is 5.32 Å². The Morgan fingerprint density at radius 2 is 1.95 bits per heavy atom. The van der Waals surface area contributed by atoms with Gasteiger partial charge in [-0.1, -0.05) is 29.4 Å². The summed E-state index contributed by atoms with van der Waals surface area (Å²) < 4.78 is 4.81. The zero-order valence-electron chi connectivity index (χ0n) is 10.6. The number of phenols is 1. The van der Waals surface area contributed by atoms with E-state index >= 15 is 0 Å². The average Bonchev–Trinajstić information content (AvgIpc) is 2.83. The summed E-state index contributed by atoms with van der Waals surface area (Å²) in [6, 6.07) is 10.6. The molecule has 0 atom stereocenters. The highest BCUT2D eigenvalue weighted by atomic mass is 16.5. The monoisotopic (exact) mass is 269 g/mol. The van der Waals surface area contributed by atoms with Gasteiger partial charge in [0.1, 0.15) is 5.75 Å². The molecule has 0 radical (unpaired) electrons. The Bertz CT molecular complexity index is 795. The van der Waals surface area contributed by atoms with Crippen LogP contribution in [-0.4, -0.2) is 21.2 Å². The Labute approximate surface area is 114 Å². The highest BCUT2D eigenvalue weighted by Gasteiger charge is 2.15. The molecule has 0 unspecified atom stereocenters. The predicted octanol–water partition coefficient (Wildman–Crippen LogP) is 2.49. The predicted molar refractivity (Wildman–Crippen MR) is 72.6 cm³/mol. The Kier molecular flexibility index (Phi) is 2.83. The first-order valence-corrected chi connectivity index (χ1v) is 5.97. The molecule has 0 aliphatic rings. The first-order valence-electron chi connectivity index (χ1n) is 5.97. The van der Waals surface area contributed by atoms with Gasteiger partial charge in [0.2, 0.25) is 0 Å². The molecule has 0 bridgehead atoms. The fourth-order valence-electron chi connectivity index (χ4n) is 1.92. The SMILES string of the molecule is Cc1noc(NC(=O)c2cc3ccccc3cc2O)n1. The van der Waals surface area contributed by atoms with Crippen LogP contribution in [0, 0.1) is 6.92 Å². The lowest BCUT2D eigenvalue weighted by Crippen LogP contribution is -2.12. The van der Waals surface area contributed by atoms with Gasteiger partial charge in [0.15, 0.2) is 5.82 Å². The van der Waals surface area contributed by atoms with Crippen molar-refractivity contribution in [3.63, 3.8) is 0 Å². The molecular formula is C14H11N3O3. The maximum Gasteiger partial charge on any atom is 0.328 e. The number of amides is 1. The number of hydrogen-bond acceptors (Lipinski definition) is 5. The Hall–Kier alpha value is -2.89. The molecule has 0 spiro atoms. The lowest BCUT2D eigenvalue weighted by molar-refractivity contribution is 0.102. The van der Waals surface area contributed by atoms with Crippen LogP contribution >= 0.6 is 0 Å². The molecule has 6 nitrogen and oxygen atoms in total. The van der Waals surface area contributed by atoms with Gasteiger partial charge in [0, 0.05) is 0 Å². The van der Waals surface area contributed by atoms with Crippen LogP contribution in [0.1, 0.15) is 16.2 Å². The smallest absolute Gasteiger partial charge is 0.328 e. The number of fused-ring (bicyclic) bond motifs is 1. The first-order chi connectivity index (χ1) is 9.63. The van der Waals surface area contributed by atoms with Gasteiger partial charge in [-0.25, -0.2) is 0 Å². The average molecular weight is 269 g/mol. The van der Waals surface area contributed by atoms with Crippen molar-refractivity contribution in [2.45, 2.75) is 6.92 Å². The number of aryl methyl sites for hydroxylation is 1. The van der Waals surface area contributed by atoms with E-state index < -0.39 is 5.91 Å². The third-order valence-corrected chi connectivity index (χ3v) is 2.86. The van der Waals surface area contributed by atoms with Crippen molar-refractivity contribution in [3.8, 4) is 5.75 Å². The van der Waals surface area contributed by atoms with Crippen LogP contribution in [0.15, 0.2) is 40.9 Å². The fraction of sp³-hybridized carbons (Fsp3) is 0.0714. The highest BCUT2D eigenvalue weighted by Crippen LogP contribution is 2.25. The van der Waals surface area contributed by atoms with Crippen LogP contribution in [0.2, 0.25) is 0 Å². The van der Waals surface area contributed by atoms with E-state index in [2.05, 4.69) is 15.5 Å². The van der Waals surface area contributed by atoms with E-state index in [0.717, 1.165) is 10.8 Å². The van der Waals surface area contributed by atoms with Crippen molar-refractivity contribution in [1.29, 1.82) is 0 Å². The van der Waals surface area contributed by atoms with Crippen LogP contribution < -0.4 is 5.32 Å². The van der Waals surface area contributed by atoms with Crippen LogP contribution in [0.5, 0.6) is 5.75 Å². The number of nitrogens with zero attached hydrogens (tertiary/aromatic N) is 2. The Balaban J connectivity index is 1.96. The second-order valence-corrected chi connectivity index (χ2v) is 4.32. The molecule has 2 aromatic carbocycles. The van der Waals surface area contributed by atoms with Gasteiger partial charge in [0.05, 0.1) is 5.56 Å². The van der Waals surface area contributed by atoms with E-state index in [4.69, 9.17) is 4.52 Å². The molecule has 2 N–H and O–H groups in total. The third kappa shape index (κ3) is 2.18. The number of rotatable bonds is 2. The number of anilines is 1. The second-order valence-electron chi connectivity index (χ2n) is 4.32.